The zero-order valence-corrected chi connectivity index (χ0v) is 16.0. The Morgan fingerprint density at radius 2 is 1.65 bits per heavy atom. The summed E-state index contributed by atoms with van der Waals surface area (Å²) in [4.78, 5) is 2.66. The van der Waals surface area contributed by atoms with Gasteiger partial charge in [0.05, 0.1) is 16.5 Å². The van der Waals surface area contributed by atoms with Crippen molar-refractivity contribution >= 4 is 10.0 Å². The smallest absolute Gasteiger partial charge is 0.243 e. The highest BCUT2D eigenvalue weighted by Gasteiger charge is 2.29. The van der Waals surface area contributed by atoms with Crippen LogP contribution in [0.5, 0.6) is 0 Å². The summed E-state index contributed by atoms with van der Waals surface area (Å²) in [5.41, 5.74) is 3.53. The van der Waals surface area contributed by atoms with Crippen molar-refractivity contribution in [2.24, 2.45) is 0 Å². The fourth-order valence-corrected chi connectivity index (χ4v) is 4.93. The van der Waals surface area contributed by atoms with E-state index in [4.69, 9.17) is 5.26 Å². The molecule has 6 heteroatoms. The van der Waals surface area contributed by atoms with Crippen LogP contribution < -0.4 is 0 Å². The predicted molar refractivity (Wildman–Crippen MR) is 101 cm³/mol. The number of sulfonamides is 1. The molecular formula is C20H23N3O2S. The Kier molecular flexibility index (Phi) is 5.42. The fourth-order valence-electron chi connectivity index (χ4n) is 3.20. The highest BCUT2D eigenvalue weighted by Crippen LogP contribution is 2.22. The van der Waals surface area contributed by atoms with Crippen LogP contribution in [0.3, 0.4) is 0 Å². The van der Waals surface area contributed by atoms with Crippen LogP contribution in [0, 0.1) is 25.2 Å². The second-order valence-corrected chi connectivity index (χ2v) is 8.66. The third kappa shape index (κ3) is 3.96. The molecule has 1 heterocycles. The maximum atomic E-state index is 13.0. The average Bonchev–Trinajstić information content (AvgIpc) is 2.65. The quantitative estimate of drug-likeness (QED) is 0.831. The van der Waals surface area contributed by atoms with Gasteiger partial charge in [-0.25, -0.2) is 8.42 Å². The lowest BCUT2D eigenvalue weighted by Gasteiger charge is -2.34. The van der Waals surface area contributed by atoms with Crippen molar-refractivity contribution in [3.63, 3.8) is 0 Å². The molecule has 0 N–H and O–H groups in total. The largest absolute Gasteiger partial charge is 0.296 e. The summed E-state index contributed by atoms with van der Waals surface area (Å²) < 4.78 is 27.5. The summed E-state index contributed by atoms with van der Waals surface area (Å²) in [6, 6.07) is 15.2. The van der Waals surface area contributed by atoms with Crippen molar-refractivity contribution in [1.82, 2.24) is 9.21 Å². The molecule has 1 aliphatic heterocycles. The molecule has 1 fully saturated rings. The number of hydrogen-bond acceptors (Lipinski definition) is 4. The second kappa shape index (κ2) is 7.58. The number of hydrogen-bond donors (Lipinski definition) is 0. The highest BCUT2D eigenvalue weighted by molar-refractivity contribution is 7.89. The van der Waals surface area contributed by atoms with Crippen LogP contribution in [0.4, 0.5) is 0 Å². The van der Waals surface area contributed by atoms with Crippen LogP contribution in [-0.2, 0) is 16.6 Å². The van der Waals surface area contributed by atoms with Gasteiger partial charge < -0.3 is 0 Å². The fraction of sp³-hybridized carbons (Fsp3) is 0.350. The minimum absolute atomic E-state index is 0.415. The third-order valence-electron chi connectivity index (χ3n) is 4.78. The van der Waals surface area contributed by atoms with Gasteiger partial charge in [0.2, 0.25) is 10.0 Å². The van der Waals surface area contributed by atoms with Gasteiger partial charge in [0.1, 0.15) is 0 Å². The van der Waals surface area contributed by atoms with Crippen molar-refractivity contribution in [1.29, 1.82) is 5.26 Å². The number of nitriles is 1. The molecule has 0 radical (unpaired) electrons. The lowest BCUT2D eigenvalue weighted by atomic mass is 10.1. The van der Waals surface area contributed by atoms with E-state index >= 15 is 0 Å². The minimum Gasteiger partial charge on any atom is -0.296 e. The first-order valence-electron chi connectivity index (χ1n) is 8.69. The lowest BCUT2D eigenvalue weighted by Crippen LogP contribution is -2.48. The maximum Gasteiger partial charge on any atom is 0.243 e. The summed E-state index contributed by atoms with van der Waals surface area (Å²) in [5, 5.41) is 8.86. The molecule has 0 atom stereocenters. The van der Waals surface area contributed by atoms with Crippen LogP contribution >= 0.6 is 0 Å². The molecule has 0 amide bonds. The first-order valence-corrected chi connectivity index (χ1v) is 10.1. The van der Waals surface area contributed by atoms with Crippen LogP contribution in [0.2, 0.25) is 0 Å². The lowest BCUT2D eigenvalue weighted by molar-refractivity contribution is 0.181. The molecule has 26 heavy (non-hydrogen) atoms. The topological polar surface area (TPSA) is 64.4 Å². The van der Waals surface area contributed by atoms with E-state index < -0.39 is 10.0 Å². The summed E-state index contributed by atoms with van der Waals surface area (Å²) in [7, 11) is -3.45. The second-order valence-electron chi connectivity index (χ2n) is 6.76. The summed E-state index contributed by atoms with van der Waals surface area (Å²) in [5.74, 6) is 0. The van der Waals surface area contributed by atoms with Crippen molar-refractivity contribution in [2.45, 2.75) is 25.3 Å². The zero-order valence-electron chi connectivity index (χ0n) is 15.1. The average molecular weight is 369 g/mol. The van der Waals surface area contributed by atoms with E-state index in [1.807, 2.05) is 50.2 Å². The SMILES string of the molecule is Cc1ccc(C)c(S(=O)(=O)N2CCN(Cc3ccc(C#N)cc3)CC2)c1. The molecular weight excluding hydrogens is 346 g/mol. The Morgan fingerprint density at radius 3 is 2.27 bits per heavy atom. The van der Waals surface area contributed by atoms with Gasteiger partial charge in [-0.3, -0.25) is 4.90 Å². The molecule has 0 unspecified atom stereocenters. The Morgan fingerprint density at radius 1 is 1.00 bits per heavy atom. The van der Waals surface area contributed by atoms with E-state index in [1.165, 1.54) is 0 Å². The van der Waals surface area contributed by atoms with Crippen molar-refractivity contribution in [2.75, 3.05) is 26.2 Å². The predicted octanol–water partition coefficient (Wildman–Crippen LogP) is 2.68. The molecule has 3 rings (SSSR count). The monoisotopic (exact) mass is 369 g/mol. The standard InChI is InChI=1S/C20H23N3O2S/c1-16-3-4-17(2)20(13-16)26(24,25)23-11-9-22(10-12-23)15-19-7-5-18(14-21)6-8-19/h3-8,13H,9-12,15H2,1-2H3. The first kappa shape index (κ1) is 18.6. The zero-order chi connectivity index (χ0) is 18.7. The van der Waals surface area contributed by atoms with E-state index in [2.05, 4.69) is 11.0 Å². The van der Waals surface area contributed by atoms with E-state index in [9.17, 15) is 8.42 Å². The maximum absolute atomic E-state index is 13.0. The van der Waals surface area contributed by atoms with Crippen LogP contribution in [0.1, 0.15) is 22.3 Å². The number of benzene rings is 2. The Bertz CT molecular complexity index is 923. The van der Waals surface area contributed by atoms with Crippen LogP contribution in [0.15, 0.2) is 47.4 Å². The van der Waals surface area contributed by atoms with Crippen LogP contribution in [-0.4, -0.2) is 43.8 Å². The molecule has 5 nitrogen and oxygen atoms in total. The normalized spacial score (nSPS) is 16.3. The van der Waals surface area contributed by atoms with Crippen LogP contribution in [0.25, 0.3) is 0 Å². The highest BCUT2D eigenvalue weighted by atomic mass is 32.2. The molecule has 0 bridgehead atoms. The molecule has 0 spiro atoms. The van der Waals surface area contributed by atoms with E-state index in [-0.39, 0.29) is 0 Å². The first-order chi connectivity index (χ1) is 12.4. The molecule has 0 aliphatic carbocycles. The van der Waals surface area contributed by atoms with Gasteiger partial charge in [0.15, 0.2) is 0 Å². The molecule has 1 saturated heterocycles. The minimum atomic E-state index is -3.45. The van der Waals surface area contributed by atoms with Gasteiger partial charge >= 0.3 is 0 Å². The van der Waals surface area contributed by atoms with Gasteiger partial charge in [-0.05, 0) is 48.7 Å². The third-order valence-corrected chi connectivity index (χ3v) is 6.82. The van der Waals surface area contributed by atoms with Crippen molar-refractivity contribution in [3.8, 4) is 6.07 Å². The van der Waals surface area contributed by atoms with Gasteiger partial charge in [-0.2, -0.15) is 9.57 Å². The van der Waals surface area contributed by atoms with Crippen molar-refractivity contribution in [3.05, 3.63) is 64.7 Å². The summed E-state index contributed by atoms with van der Waals surface area (Å²) in [6.45, 7) is 6.90. The molecule has 2 aromatic rings. The molecule has 0 saturated carbocycles. The van der Waals surface area contributed by atoms with Gasteiger partial charge in [-0.15, -0.1) is 0 Å². The number of nitrogens with zero attached hydrogens (tertiary/aromatic N) is 3. The molecule has 0 aromatic heterocycles. The number of rotatable bonds is 4. The molecule has 136 valence electrons. The van der Waals surface area contributed by atoms with E-state index in [0.717, 1.165) is 23.2 Å². The number of aryl methyl sites for hydroxylation is 2. The van der Waals surface area contributed by atoms with Crippen molar-refractivity contribution < 1.29 is 8.42 Å². The Hall–Kier alpha value is -2.20. The molecule has 1 aliphatic rings. The Balaban J connectivity index is 1.66. The number of piperazine rings is 1. The van der Waals surface area contributed by atoms with Gasteiger partial charge in [0, 0.05) is 32.7 Å². The summed E-state index contributed by atoms with van der Waals surface area (Å²) in [6.07, 6.45) is 0. The van der Waals surface area contributed by atoms with E-state index in [1.54, 1.807) is 10.4 Å². The van der Waals surface area contributed by atoms with Gasteiger partial charge in [-0.1, -0.05) is 24.3 Å². The molecule has 2 aromatic carbocycles. The van der Waals surface area contributed by atoms with E-state index in [0.29, 0.717) is 36.6 Å². The summed E-state index contributed by atoms with van der Waals surface area (Å²) >= 11 is 0. The Labute approximate surface area is 155 Å². The van der Waals surface area contributed by atoms with Gasteiger partial charge in [0.25, 0.3) is 0 Å².